The zero-order chi connectivity index (χ0) is 33.3. The molecular formula is C42H46N4O3. The first kappa shape index (κ1) is 31.6. The quantitative estimate of drug-likeness (QED) is 0.207. The van der Waals surface area contributed by atoms with Gasteiger partial charge in [-0.15, -0.1) is 0 Å². The molecule has 3 fully saturated rings. The average molecular weight is 655 g/mol. The summed E-state index contributed by atoms with van der Waals surface area (Å²) in [5, 5.41) is 16.3. The van der Waals surface area contributed by atoms with E-state index in [0.717, 1.165) is 64.0 Å². The SMILES string of the molecule is O=C1CC(c2ccc(N3CCNCC3C3CCN(c4ccc([C@H]5c6ccc(O)cc6CC[C@H]5c5ccccc5)cc4)CC3)cc2)CC(=O)N1. The highest BCUT2D eigenvalue weighted by Gasteiger charge is 2.35. The molecule has 7 nitrogen and oxygen atoms in total. The number of piperidine rings is 2. The number of phenolic OH excluding ortho intramolecular Hbond substituents is 1. The van der Waals surface area contributed by atoms with E-state index in [1.54, 1.807) is 0 Å². The first-order chi connectivity index (χ1) is 24.0. The Hall–Kier alpha value is -4.62. The van der Waals surface area contributed by atoms with Crippen LogP contribution in [0.25, 0.3) is 0 Å². The van der Waals surface area contributed by atoms with Crippen molar-refractivity contribution >= 4 is 23.2 Å². The summed E-state index contributed by atoms with van der Waals surface area (Å²) in [6.07, 6.45) is 5.09. The molecular weight excluding hydrogens is 608 g/mol. The van der Waals surface area contributed by atoms with Crippen LogP contribution in [-0.4, -0.2) is 55.7 Å². The summed E-state index contributed by atoms with van der Waals surface area (Å²) >= 11 is 0. The van der Waals surface area contributed by atoms with Crippen LogP contribution in [0.2, 0.25) is 0 Å². The monoisotopic (exact) mass is 654 g/mol. The minimum Gasteiger partial charge on any atom is -0.508 e. The molecule has 1 aliphatic carbocycles. The molecule has 7 heteroatoms. The summed E-state index contributed by atoms with van der Waals surface area (Å²) in [7, 11) is 0. The number of phenols is 1. The van der Waals surface area contributed by atoms with E-state index < -0.39 is 0 Å². The number of fused-ring (bicyclic) bond motifs is 1. The summed E-state index contributed by atoms with van der Waals surface area (Å²) in [6, 6.07) is 35.3. The molecule has 49 heavy (non-hydrogen) atoms. The number of hydrogen-bond donors (Lipinski definition) is 3. The van der Waals surface area contributed by atoms with Crippen LogP contribution in [0.3, 0.4) is 0 Å². The molecule has 0 aromatic heterocycles. The fourth-order valence-electron chi connectivity index (χ4n) is 9.13. The number of benzene rings is 4. The second kappa shape index (κ2) is 13.7. The Morgan fingerprint density at radius 3 is 2.12 bits per heavy atom. The lowest BCUT2D eigenvalue weighted by atomic mass is 9.69. The Labute approximate surface area is 289 Å². The second-order valence-corrected chi connectivity index (χ2v) is 14.5. The third-order valence-corrected chi connectivity index (χ3v) is 11.6. The largest absolute Gasteiger partial charge is 0.508 e. The van der Waals surface area contributed by atoms with Crippen molar-refractivity contribution < 1.29 is 14.7 Å². The predicted octanol–water partition coefficient (Wildman–Crippen LogP) is 6.47. The Morgan fingerprint density at radius 1 is 0.694 bits per heavy atom. The van der Waals surface area contributed by atoms with Crippen LogP contribution in [0.1, 0.15) is 77.7 Å². The van der Waals surface area contributed by atoms with Gasteiger partial charge in [0.15, 0.2) is 0 Å². The maximum Gasteiger partial charge on any atom is 0.227 e. The number of aryl methyl sites for hydroxylation is 1. The van der Waals surface area contributed by atoms with Crippen LogP contribution in [0.15, 0.2) is 97.1 Å². The molecule has 252 valence electrons. The molecule has 4 aromatic carbocycles. The first-order valence-electron chi connectivity index (χ1n) is 18.1. The molecule has 1 unspecified atom stereocenters. The maximum atomic E-state index is 11.9. The van der Waals surface area contributed by atoms with Crippen molar-refractivity contribution in [3.05, 3.63) is 125 Å². The van der Waals surface area contributed by atoms with Crippen LogP contribution in [0, 0.1) is 5.92 Å². The molecule has 2 amide bonds. The number of piperazine rings is 1. The van der Waals surface area contributed by atoms with Gasteiger partial charge in [0.05, 0.1) is 0 Å². The van der Waals surface area contributed by atoms with Gasteiger partial charge in [0, 0.05) is 74.8 Å². The highest BCUT2D eigenvalue weighted by molar-refractivity contribution is 5.98. The molecule has 0 saturated carbocycles. The fourth-order valence-corrected chi connectivity index (χ4v) is 9.13. The van der Waals surface area contributed by atoms with Crippen molar-refractivity contribution in [2.75, 3.05) is 42.5 Å². The van der Waals surface area contributed by atoms with E-state index in [1.165, 1.54) is 33.6 Å². The molecule has 3 aliphatic heterocycles. The smallest absolute Gasteiger partial charge is 0.227 e. The van der Waals surface area contributed by atoms with Gasteiger partial charge in [-0.25, -0.2) is 0 Å². The van der Waals surface area contributed by atoms with Gasteiger partial charge in [-0.1, -0.05) is 60.7 Å². The van der Waals surface area contributed by atoms with Crippen LogP contribution in [-0.2, 0) is 16.0 Å². The summed E-state index contributed by atoms with van der Waals surface area (Å²) in [5.41, 5.74) is 8.92. The molecule has 8 rings (SSSR count). The summed E-state index contributed by atoms with van der Waals surface area (Å²) in [4.78, 5) is 29.0. The minimum absolute atomic E-state index is 0.0363. The number of imide groups is 1. The molecule has 4 aliphatic rings. The van der Waals surface area contributed by atoms with Crippen LogP contribution in [0.5, 0.6) is 5.75 Å². The van der Waals surface area contributed by atoms with E-state index in [4.69, 9.17) is 0 Å². The van der Waals surface area contributed by atoms with Gasteiger partial charge >= 0.3 is 0 Å². The topological polar surface area (TPSA) is 84.9 Å². The van der Waals surface area contributed by atoms with Gasteiger partial charge in [0.2, 0.25) is 11.8 Å². The molecule has 3 saturated heterocycles. The highest BCUT2D eigenvalue weighted by atomic mass is 16.3. The third kappa shape index (κ3) is 6.56. The maximum absolute atomic E-state index is 11.9. The van der Waals surface area contributed by atoms with Crippen molar-refractivity contribution in [2.45, 2.75) is 62.3 Å². The normalized spacial score (nSPS) is 23.6. The van der Waals surface area contributed by atoms with Crippen molar-refractivity contribution in [3.63, 3.8) is 0 Å². The van der Waals surface area contributed by atoms with Gasteiger partial charge in [0.1, 0.15) is 5.75 Å². The number of aromatic hydroxyl groups is 1. The predicted molar refractivity (Wildman–Crippen MR) is 194 cm³/mol. The molecule has 0 bridgehead atoms. The van der Waals surface area contributed by atoms with Crippen molar-refractivity contribution in [2.24, 2.45) is 5.92 Å². The molecule has 4 aromatic rings. The summed E-state index contributed by atoms with van der Waals surface area (Å²) < 4.78 is 0. The van der Waals surface area contributed by atoms with Gasteiger partial charge in [-0.2, -0.15) is 0 Å². The number of carbonyl (C=O) groups is 2. The number of nitrogens with one attached hydrogen (secondary N) is 2. The molecule has 0 radical (unpaired) electrons. The Bertz CT molecular complexity index is 1770. The Kier molecular flexibility index (Phi) is 8.85. The lowest BCUT2D eigenvalue weighted by Crippen LogP contribution is -2.56. The van der Waals surface area contributed by atoms with Crippen LogP contribution >= 0.6 is 0 Å². The van der Waals surface area contributed by atoms with Crippen LogP contribution in [0.4, 0.5) is 11.4 Å². The van der Waals surface area contributed by atoms with Crippen molar-refractivity contribution in [3.8, 4) is 5.75 Å². The van der Waals surface area contributed by atoms with E-state index in [1.807, 2.05) is 12.1 Å². The van der Waals surface area contributed by atoms with Gasteiger partial charge in [0.25, 0.3) is 0 Å². The third-order valence-electron chi connectivity index (χ3n) is 11.6. The minimum atomic E-state index is -0.177. The van der Waals surface area contributed by atoms with E-state index in [2.05, 4.69) is 105 Å². The zero-order valence-corrected chi connectivity index (χ0v) is 28.1. The lowest BCUT2D eigenvalue weighted by molar-refractivity contribution is -0.133. The number of nitrogens with zero attached hydrogens (tertiary/aromatic N) is 2. The van der Waals surface area contributed by atoms with E-state index in [-0.39, 0.29) is 23.7 Å². The first-order valence-corrected chi connectivity index (χ1v) is 18.1. The van der Waals surface area contributed by atoms with E-state index in [0.29, 0.717) is 36.5 Å². The fraction of sp³-hybridized carbons (Fsp3) is 0.381. The molecule has 3 heterocycles. The zero-order valence-electron chi connectivity index (χ0n) is 28.1. The summed E-state index contributed by atoms with van der Waals surface area (Å²) in [5.74, 6) is 1.22. The van der Waals surface area contributed by atoms with E-state index >= 15 is 0 Å². The van der Waals surface area contributed by atoms with Gasteiger partial charge < -0.3 is 20.2 Å². The molecule has 3 N–H and O–H groups in total. The number of anilines is 2. The van der Waals surface area contributed by atoms with Crippen LogP contribution < -0.4 is 20.4 Å². The molecule has 3 atom stereocenters. The Morgan fingerprint density at radius 2 is 1.39 bits per heavy atom. The molecule has 0 spiro atoms. The van der Waals surface area contributed by atoms with Gasteiger partial charge in [-0.3, -0.25) is 14.9 Å². The van der Waals surface area contributed by atoms with Crippen molar-refractivity contribution in [1.29, 1.82) is 0 Å². The highest BCUT2D eigenvalue weighted by Crippen LogP contribution is 2.47. The number of rotatable bonds is 6. The second-order valence-electron chi connectivity index (χ2n) is 14.5. The lowest BCUT2D eigenvalue weighted by Gasteiger charge is -2.45. The number of amides is 2. The van der Waals surface area contributed by atoms with Crippen molar-refractivity contribution in [1.82, 2.24) is 10.6 Å². The number of carbonyl (C=O) groups excluding carboxylic acids is 2. The van der Waals surface area contributed by atoms with Gasteiger partial charge in [-0.05, 0) is 102 Å². The average Bonchev–Trinajstić information content (AvgIpc) is 3.14. The Balaban J connectivity index is 0.946. The number of hydrogen-bond acceptors (Lipinski definition) is 6. The standard InChI is InChI=1S/C42H46N4O3/c47-36-15-17-38-32(24-36)10-16-37(29-4-2-1-3-5-29)42(38)31-8-11-34(12-9-31)45-21-18-30(19-22-45)39-27-43-20-23-46(39)35-13-6-28(7-14-35)33-25-40(48)44-41(49)26-33/h1-9,11-15,17,24,30,33,37,39,42-43,47H,10,16,18-23,25-27H2,(H,44,48,49)/t37-,39?,42+/m0/s1. The van der Waals surface area contributed by atoms with E-state index in [9.17, 15) is 14.7 Å². The summed E-state index contributed by atoms with van der Waals surface area (Å²) in [6.45, 7) is 5.02.